The van der Waals surface area contributed by atoms with Crippen LogP contribution in [0.25, 0.3) is 11.4 Å². The largest absolute Gasteiger partial charge is 0.746 e. The number of nitrogens with zero attached hydrogens (tertiary/aromatic N) is 6. The van der Waals surface area contributed by atoms with Crippen molar-refractivity contribution < 1.29 is 13.8 Å². The van der Waals surface area contributed by atoms with Gasteiger partial charge in [-0.05, 0) is 36.4 Å². The molecule has 0 atom stereocenters. The van der Waals surface area contributed by atoms with Gasteiger partial charge in [0.05, 0.1) is 11.4 Å². The first kappa shape index (κ1) is 23.6. The molecule has 168 valence electrons. The molecule has 34 heavy (non-hydrogen) atoms. The Labute approximate surface area is 210 Å². The van der Waals surface area contributed by atoms with Crippen molar-refractivity contribution in [1.29, 1.82) is 10.5 Å². The quantitative estimate of drug-likeness (QED) is 0.201. The molecule has 0 bridgehead atoms. The molecule has 0 saturated carbocycles. The molecule has 0 unspecified atom stereocenters. The van der Waals surface area contributed by atoms with Gasteiger partial charge in [-0.3, -0.25) is 0 Å². The molecule has 0 aliphatic heterocycles. The Morgan fingerprint density at radius 1 is 0.794 bits per heavy atom. The first-order valence-corrected chi connectivity index (χ1v) is 12.0. The molecule has 0 saturated heterocycles. The first-order valence-electron chi connectivity index (χ1n) is 9.32. The summed E-state index contributed by atoms with van der Waals surface area (Å²) in [6.45, 7) is 0. The number of nitriles is 2. The first-order chi connectivity index (χ1) is 16.5. The molecular weight excluding hydrogens is 591 g/mol. The monoisotopic (exact) mass is 601 g/mol. The van der Waals surface area contributed by atoms with Crippen LogP contribution in [0.2, 0.25) is 0 Å². The SMILES string of the molecule is N#Cc1cc(NO[P+](=O)ONc2cc(C#N)nn2-c2cccc(Br)c2)n(-c2cccc(Br)c2)n1. The lowest BCUT2D eigenvalue weighted by molar-refractivity contribution is 0.293. The van der Waals surface area contributed by atoms with E-state index in [-0.39, 0.29) is 23.0 Å². The highest BCUT2D eigenvalue weighted by Crippen LogP contribution is 2.28. The Kier molecular flexibility index (Phi) is 7.33. The second kappa shape index (κ2) is 10.6. The van der Waals surface area contributed by atoms with Gasteiger partial charge in [-0.1, -0.05) is 44.0 Å². The van der Waals surface area contributed by atoms with Crippen molar-refractivity contribution in [2.75, 3.05) is 11.0 Å². The zero-order valence-electron chi connectivity index (χ0n) is 16.9. The van der Waals surface area contributed by atoms with Crippen LogP contribution in [0.3, 0.4) is 0 Å². The number of hydrogen-bond donors (Lipinski definition) is 2. The van der Waals surface area contributed by atoms with Gasteiger partial charge < -0.3 is 0 Å². The third kappa shape index (κ3) is 5.48. The van der Waals surface area contributed by atoms with Gasteiger partial charge in [0.1, 0.15) is 12.1 Å². The number of rotatable bonds is 8. The zero-order valence-corrected chi connectivity index (χ0v) is 21.0. The van der Waals surface area contributed by atoms with Crippen molar-refractivity contribution in [3.8, 4) is 23.5 Å². The molecule has 0 aliphatic rings. The summed E-state index contributed by atoms with van der Waals surface area (Å²) in [5, 5.41) is 26.7. The van der Waals surface area contributed by atoms with Crippen molar-refractivity contribution in [3.05, 3.63) is 81.0 Å². The maximum atomic E-state index is 12.3. The van der Waals surface area contributed by atoms with Crippen LogP contribution in [0, 0.1) is 22.7 Å². The molecule has 2 N–H and O–H groups in total. The van der Waals surface area contributed by atoms with Crippen molar-refractivity contribution in [2.45, 2.75) is 0 Å². The van der Waals surface area contributed by atoms with Gasteiger partial charge in [0.25, 0.3) is 0 Å². The molecule has 2 heterocycles. The van der Waals surface area contributed by atoms with Crippen LogP contribution >= 0.6 is 40.1 Å². The third-order valence-electron chi connectivity index (χ3n) is 4.20. The lowest BCUT2D eigenvalue weighted by atomic mass is 10.3. The van der Waals surface area contributed by atoms with Crippen LogP contribution in [0.1, 0.15) is 11.4 Å². The fourth-order valence-electron chi connectivity index (χ4n) is 2.81. The van der Waals surface area contributed by atoms with Gasteiger partial charge in [-0.2, -0.15) is 31.7 Å². The molecule has 0 aliphatic carbocycles. The molecule has 4 rings (SSSR count). The highest BCUT2D eigenvalue weighted by atomic mass is 79.9. The van der Waals surface area contributed by atoms with Crippen molar-refractivity contribution in [3.63, 3.8) is 0 Å². The minimum absolute atomic E-state index is 0.127. The number of anilines is 2. The van der Waals surface area contributed by atoms with E-state index < -0.39 is 8.25 Å². The highest BCUT2D eigenvalue weighted by Gasteiger charge is 2.25. The normalized spacial score (nSPS) is 10.4. The second-order valence-corrected chi connectivity index (χ2v) is 9.09. The fourth-order valence-corrected chi connectivity index (χ4v) is 3.96. The van der Waals surface area contributed by atoms with Crippen LogP contribution in [0.4, 0.5) is 11.6 Å². The molecule has 0 fully saturated rings. The third-order valence-corrected chi connectivity index (χ3v) is 5.67. The van der Waals surface area contributed by atoms with Crippen molar-refractivity contribution in [2.24, 2.45) is 0 Å². The highest BCUT2D eigenvalue weighted by molar-refractivity contribution is 9.10. The molecular formula is C20H12Br2N8O3P+. The summed E-state index contributed by atoms with van der Waals surface area (Å²) < 4.78 is 27.0. The van der Waals surface area contributed by atoms with Crippen LogP contribution in [-0.2, 0) is 13.8 Å². The summed E-state index contributed by atoms with van der Waals surface area (Å²) in [5.41, 5.74) is 6.52. The van der Waals surface area contributed by atoms with E-state index in [1.807, 2.05) is 24.3 Å². The van der Waals surface area contributed by atoms with E-state index in [4.69, 9.17) is 9.25 Å². The van der Waals surface area contributed by atoms with E-state index in [2.05, 4.69) is 53.0 Å². The molecule has 0 radical (unpaired) electrons. The number of hydrogen-bond acceptors (Lipinski definition) is 9. The van der Waals surface area contributed by atoms with Gasteiger partial charge in [-0.15, -0.1) is 0 Å². The fraction of sp³-hybridized carbons (Fsp3) is 0. The molecule has 2 aromatic carbocycles. The molecule has 0 amide bonds. The minimum Gasteiger partial charge on any atom is -0.214 e. The standard InChI is InChI=1S/C20H12Br2N8O3P/c21-13-3-1-5-17(7-13)29-19(9-15(11-23)25-29)27-32-34(31)33-28-20-10-16(12-24)26-30(20)18-6-2-4-14(22)8-18/h1-10,27-28H/q+1. The Morgan fingerprint density at radius 2 is 1.24 bits per heavy atom. The molecule has 0 spiro atoms. The summed E-state index contributed by atoms with van der Waals surface area (Å²) in [6, 6.07) is 21.2. The van der Waals surface area contributed by atoms with Crippen LogP contribution < -0.4 is 11.0 Å². The van der Waals surface area contributed by atoms with E-state index in [9.17, 15) is 15.1 Å². The summed E-state index contributed by atoms with van der Waals surface area (Å²) in [6.07, 6.45) is 0. The van der Waals surface area contributed by atoms with E-state index in [1.54, 1.807) is 36.4 Å². The molecule has 14 heteroatoms. The smallest absolute Gasteiger partial charge is 0.214 e. The Hall–Kier alpha value is -3.58. The number of nitrogens with one attached hydrogen (secondary N) is 2. The van der Waals surface area contributed by atoms with Crippen LogP contribution in [0.15, 0.2) is 69.6 Å². The minimum atomic E-state index is -2.73. The lowest BCUT2D eigenvalue weighted by Crippen LogP contribution is -2.07. The zero-order chi connectivity index (χ0) is 24.1. The molecule has 2 aromatic heterocycles. The van der Waals surface area contributed by atoms with Gasteiger partial charge in [0, 0.05) is 34.9 Å². The summed E-state index contributed by atoms with van der Waals surface area (Å²) in [4.78, 5) is 0. The van der Waals surface area contributed by atoms with Gasteiger partial charge >= 0.3 is 8.25 Å². The summed E-state index contributed by atoms with van der Waals surface area (Å²) >= 11 is 6.77. The maximum Gasteiger partial charge on any atom is 0.746 e. The Morgan fingerprint density at radius 3 is 1.62 bits per heavy atom. The van der Waals surface area contributed by atoms with E-state index in [1.165, 1.54) is 21.5 Å². The van der Waals surface area contributed by atoms with E-state index in [0.717, 1.165) is 8.95 Å². The topological polar surface area (TPSA) is 143 Å². The predicted octanol–water partition coefficient (Wildman–Crippen LogP) is 5.37. The van der Waals surface area contributed by atoms with Crippen LogP contribution in [0.5, 0.6) is 0 Å². The lowest BCUT2D eigenvalue weighted by Gasteiger charge is -2.07. The van der Waals surface area contributed by atoms with Crippen LogP contribution in [-0.4, -0.2) is 19.6 Å². The number of benzene rings is 2. The van der Waals surface area contributed by atoms with Crippen molar-refractivity contribution >= 4 is 51.8 Å². The van der Waals surface area contributed by atoms with E-state index >= 15 is 0 Å². The number of aromatic nitrogens is 4. The Bertz CT molecular complexity index is 1350. The summed E-state index contributed by atoms with van der Waals surface area (Å²) in [7, 11) is -2.73. The maximum absolute atomic E-state index is 12.3. The number of halogens is 2. The van der Waals surface area contributed by atoms with Gasteiger partial charge in [0.15, 0.2) is 23.0 Å². The van der Waals surface area contributed by atoms with E-state index in [0.29, 0.717) is 11.4 Å². The van der Waals surface area contributed by atoms with Gasteiger partial charge in [-0.25, -0.2) is 9.36 Å². The average molecular weight is 603 g/mol. The predicted molar refractivity (Wildman–Crippen MR) is 129 cm³/mol. The molecule has 11 nitrogen and oxygen atoms in total. The average Bonchev–Trinajstić information content (AvgIpc) is 3.45. The second-order valence-electron chi connectivity index (χ2n) is 6.45. The molecule has 4 aromatic rings. The Balaban J connectivity index is 1.46. The van der Waals surface area contributed by atoms with Crippen molar-refractivity contribution in [1.82, 2.24) is 19.6 Å². The van der Waals surface area contributed by atoms with Gasteiger partial charge in [0.2, 0.25) is 0 Å². The summed E-state index contributed by atoms with van der Waals surface area (Å²) in [5.74, 6) is 0.514.